The van der Waals surface area contributed by atoms with Crippen LogP contribution in [0.4, 0.5) is 0 Å². The first-order valence-electron chi connectivity index (χ1n) is 10.6. The fourth-order valence-electron chi connectivity index (χ4n) is 2.81. The van der Waals surface area contributed by atoms with Crippen molar-refractivity contribution in [3.8, 4) is 0 Å². The zero-order chi connectivity index (χ0) is 25.6. The van der Waals surface area contributed by atoms with Crippen molar-refractivity contribution in [1.82, 2.24) is 16.0 Å². The first-order chi connectivity index (χ1) is 15.5. The topological polar surface area (TPSA) is 194 Å². The van der Waals surface area contributed by atoms with Crippen molar-refractivity contribution >= 4 is 53.1 Å². The van der Waals surface area contributed by atoms with E-state index >= 15 is 0 Å². The number of carbonyl (C=O) groups excluding carboxylic acids is 4. The van der Waals surface area contributed by atoms with Crippen molar-refractivity contribution in [2.75, 3.05) is 24.0 Å². The number of aliphatic carboxylic acids is 1. The molecule has 11 nitrogen and oxygen atoms in total. The maximum absolute atomic E-state index is 12.9. The lowest BCUT2D eigenvalue weighted by molar-refractivity contribution is -0.143. The summed E-state index contributed by atoms with van der Waals surface area (Å²) in [6.07, 6.45) is 4.41. The van der Waals surface area contributed by atoms with Crippen molar-refractivity contribution < 1.29 is 29.1 Å². The van der Waals surface area contributed by atoms with Gasteiger partial charge in [-0.1, -0.05) is 20.3 Å². The fourth-order valence-corrected chi connectivity index (χ4v) is 3.75. The number of nitrogens with two attached hydrogens (primary N) is 2. The van der Waals surface area contributed by atoms with Crippen LogP contribution in [0.15, 0.2) is 0 Å². The molecule has 0 radical (unpaired) electrons. The summed E-state index contributed by atoms with van der Waals surface area (Å²) >= 11 is 2.94. The lowest BCUT2D eigenvalue weighted by atomic mass is 9.98. The molecule has 0 aromatic carbocycles. The van der Waals surface area contributed by atoms with Crippen LogP contribution in [0.2, 0.25) is 0 Å². The zero-order valence-electron chi connectivity index (χ0n) is 19.6. The minimum atomic E-state index is -1.20. The molecule has 0 heterocycles. The molecule has 4 amide bonds. The van der Waals surface area contributed by atoms with E-state index in [1.165, 1.54) is 23.5 Å². The fraction of sp³-hybridized carbons (Fsp3) is 0.750. The van der Waals surface area contributed by atoms with Gasteiger partial charge >= 0.3 is 5.97 Å². The monoisotopic (exact) mass is 507 g/mol. The predicted octanol–water partition coefficient (Wildman–Crippen LogP) is -0.720. The smallest absolute Gasteiger partial charge is 0.326 e. The molecule has 0 rings (SSSR count). The normalized spacial score (nSPS) is 15.4. The van der Waals surface area contributed by atoms with Crippen LogP contribution in [-0.2, 0) is 24.0 Å². The number of carboxylic acids is 1. The Bertz CT molecular complexity index is 681. The lowest BCUT2D eigenvalue weighted by Crippen LogP contribution is -2.58. The summed E-state index contributed by atoms with van der Waals surface area (Å²) in [5.41, 5.74) is 10.7. The van der Waals surface area contributed by atoms with Gasteiger partial charge in [0.05, 0.1) is 12.5 Å². The van der Waals surface area contributed by atoms with E-state index in [2.05, 4.69) is 16.0 Å². The van der Waals surface area contributed by atoms with Gasteiger partial charge < -0.3 is 32.5 Å². The summed E-state index contributed by atoms with van der Waals surface area (Å²) in [6, 6.07) is -4.26. The molecule has 33 heavy (non-hydrogen) atoms. The second-order valence-corrected chi connectivity index (χ2v) is 9.64. The molecular weight excluding hydrogens is 470 g/mol. The van der Waals surface area contributed by atoms with Crippen molar-refractivity contribution in [3.05, 3.63) is 0 Å². The molecule has 5 atom stereocenters. The molecular formula is C20H37N5O6S2. The van der Waals surface area contributed by atoms with E-state index in [0.717, 1.165) is 0 Å². The molecule has 0 spiro atoms. The average Bonchev–Trinajstić information content (AvgIpc) is 2.75. The number of primary amides is 1. The third kappa shape index (κ3) is 12.2. The Balaban J connectivity index is 5.47. The molecule has 0 aliphatic carbocycles. The van der Waals surface area contributed by atoms with Crippen LogP contribution in [0, 0.1) is 5.92 Å². The van der Waals surface area contributed by atoms with E-state index < -0.39 is 53.8 Å². The molecule has 0 aliphatic rings. The number of rotatable bonds is 17. The predicted molar refractivity (Wildman–Crippen MR) is 131 cm³/mol. The molecule has 8 N–H and O–H groups in total. The minimum absolute atomic E-state index is 0.267. The standard InChI is InChI=1S/C20H37N5O6S2/c1-5-11(2)16(20(30)31)25-19(29)14(7-9-33-4)24-18(28)13(6-8-32-3)23-17(27)12(21)10-15(22)26/h11-14,16H,5-10,21H2,1-4H3,(H2,22,26)(H,23,27)(H,24,28)(H,25,29)(H,30,31). The van der Waals surface area contributed by atoms with Crippen molar-refractivity contribution in [3.63, 3.8) is 0 Å². The lowest BCUT2D eigenvalue weighted by Gasteiger charge is -2.26. The second kappa shape index (κ2) is 16.6. The van der Waals surface area contributed by atoms with Crippen LogP contribution < -0.4 is 27.4 Å². The van der Waals surface area contributed by atoms with Crippen LogP contribution in [-0.4, -0.2) is 82.9 Å². The molecule has 0 saturated heterocycles. The summed E-state index contributed by atoms with van der Waals surface area (Å²) in [7, 11) is 0. The number of nitrogens with one attached hydrogen (secondary N) is 3. The van der Waals surface area contributed by atoms with Gasteiger partial charge in [-0.15, -0.1) is 0 Å². The van der Waals surface area contributed by atoms with Crippen LogP contribution in [0.3, 0.4) is 0 Å². The minimum Gasteiger partial charge on any atom is -0.480 e. The van der Waals surface area contributed by atoms with Crippen LogP contribution >= 0.6 is 23.5 Å². The third-order valence-corrected chi connectivity index (χ3v) is 6.31. The molecule has 0 fully saturated rings. The van der Waals surface area contributed by atoms with E-state index in [9.17, 15) is 29.1 Å². The molecule has 0 aromatic heterocycles. The van der Waals surface area contributed by atoms with E-state index in [1.54, 1.807) is 6.92 Å². The highest BCUT2D eigenvalue weighted by Gasteiger charge is 2.31. The number of carboxylic acid groups (broad SMARTS) is 1. The quantitative estimate of drug-likeness (QED) is 0.147. The number of carbonyl (C=O) groups is 5. The van der Waals surface area contributed by atoms with Gasteiger partial charge in [0, 0.05) is 0 Å². The molecule has 190 valence electrons. The SMILES string of the molecule is CCC(C)C(NC(=O)C(CCSC)NC(=O)C(CCSC)NC(=O)C(N)CC(N)=O)C(=O)O. The average molecular weight is 508 g/mol. The van der Waals surface area contributed by atoms with Gasteiger partial charge in [-0.2, -0.15) is 23.5 Å². The Labute approximate surface area is 203 Å². The Hall–Kier alpha value is -1.99. The highest BCUT2D eigenvalue weighted by atomic mass is 32.2. The van der Waals surface area contributed by atoms with Crippen molar-refractivity contribution in [2.45, 2.75) is 63.7 Å². The van der Waals surface area contributed by atoms with Crippen LogP contribution in [0.1, 0.15) is 39.5 Å². The maximum atomic E-state index is 12.9. The van der Waals surface area contributed by atoms with Gasteiger partial charge in [-0.3, -0.25) is 19.2 Å². The summed E-state index contributed by atoms with van der Waals surface area (Å²) in [5.74, 6) is -3.02. The summed E-state index contributed by atoms with van der Waals surface area (Å²) < 4.78 is 0. The van der Waals surface area contributed by atoms with E-state index in [0.29, 0.717) is 17.9 Å². The summed E-state index contributed by atoms with van der Waals surface area (Å²) in [5, 5.41) is 17.1. The van der Waals surface area contributed by atoms with Gasteiger partial charge in [0.1, 0.15) is 18.1 Å². The Morgan fingerprint density at radius 3 is 1.73 bits per heavy atom. The Morgan fingerprint density at radius 2 is 1.33 bits per heavy atom. The highest BCUT2D eigenvalue weighted by molar-refractivity contribution is 7.98. The highest BCUT2D eigenvalue weighted by Crippen LogP contribution is 2.10. The molecule has 0 bridgehead atoms. The first-order valence-corrected chi connectivity index (χ1v) is 13.4. The van der Waals surface area contributed by atoms with Crippen LogP contribution in [0.25, 0.3) is 0 Å². The molecule has 5 unspecified atom stereocenters. The van der Waals surface area contributed by atoms with E-state index in [-0.39, 0.29) is 25.2 Å². The molecule has 0 saturated carbocycles. The number of hydrogen-bond donors (Lipinski definition) is 6. The first kappa shape index (κ1) is 31.0. The molecule has 0 aromatic rings. The second-order valence-electron chi connectivity index (χ2n) is 7.67. The maximum Gasteiger partial charge on any atom is 0.326 e. The summed E-state index contributed by atoms with van der Waals surface area (Å²) in [6.45, 7) is 3.54. The van der Waals surface area contributed by atoms with Crippen LogP contribution in [0.5, 0.6) is 0 Å². The Morgan fingerprint density at radius 1 is 0.879 bits per heavy atom. The van der Waals surface area contributed by atoms with Gasteiger partial charge in [-0.05, 0) is 42.8 Å². The summed E-state index contributed by atoms with van der Waals surface area (Å²) in [4.78, 5) is 60.7. The molecule has 13 heteroatoms. The van der Waals surface area contributed by atoms with E-state index in [4.69, 9.17) is 11.5 Å². The van der Waals surface area contributed by atoms with Crippen molar-refractivity contribution in [1.29, 1.82) is 0 Å². The van der Waals surface area contributed by atoms with Gasteiger partial charge in [0.25, 0.3) is 0 Å². The number of thioether (sulfide) groups is 2. The number of hydrogen-bond acceptors (Lipinski definition) is 8. The van der Waals surface area contributed by atoms with E-state index in [1.807, 2.05) is 19.4 Å². The van der Waals surface area contributed by atoms with Gasteiger partial charge in [0.2, 0.25) is 23.6 Å². The van der Waals surface area contributed by atoms with Gasteiger partial charge in [0.15, 0.2) is 0 Å². The molecule has 0 aliphatic heterocycles. The Kier molecular flexibility index (Phi) is 15.6. The van der Waals surface area contributed by atoms with Crippen molar-refractivity contribution in [2.24, 2.45) is 17.4 Å². The third-order valence-electron chi connectivity index (χ3n) is 5.02. The zero-order valence-corrected chi connectivity index (χ0v) is 21.2. The number of amides is 4. The van der Waals surface area contributed by atoms with Gasteiger partial charge in [-0.25, -0.2) is 4.79 Å². The largest absolute Gasteiger partial charge is 0.480 e.